The molecule has 0 atom stereocenters. The van der Waals surface area contributed by atoms with Crippen molar-refractivity contribution in [2.24, 2.45) is 63.1 Å². The van der Waals surface area contributed by atoms with Crippen molar-refractivity contribution in [3.63, 3.8) is 0 Å². The molecule has 0 heterocycles. The second-order valence-corrected chi connectivity index (χ2v) is 18.6. The van der Waals surface area contributed by atoms with Crippen LogP contribution in [0.5, 0.6) is 0 Å². The summed E-state index contributed by atoms with van der Waals surface area (Å²) in [6.07, 6.45) is 19.2. The number of hydrogen-bond acceptors (Lipinski definition) is 4. The Labute approximate surface area is 265 Å². The van der Waals surface area contributed by atoms with Crippen LogP contribution in [0.25, 0.3) is 0 Å². The van der Waals surface area contributed by atoms with Crippen molar-refractivity contribution in [2.75, 3.05) is 7.11 Å². The van der Waals surface area contributed by atoms with Gasteiger partial charge in [0.25, 0.3) is 0 Å². The third-order valence-electron chi connectivity index (χ3n) is 14.2. The van der Waals surface area contributed by atoms with Gasteiger partial charge >= 0.3 is 5.97 Å². The van der Waals surface area contributed by atoms with Crippen molar-refractivity contribution < 1.29 is 19.4 Å². The summed E-state index contributed by atoms with van der Waals surface area (Å²) < 4.78 is 4.75. The molecule has 43 heavy (non-hydrogen) atoms. The van der Waals surface area contributed by atoms with E-state index in [9.17, 15) is 14.7 Å². The summed E-state index contributed by atoms with van der Waals surface area (Å²) in [7, 11) is 1.49. The number of esters is 1. The van der Waals surface area contributed by atoms with Crippen LogP contribution in [0.2, 0.25) is 0 Å². The zero-order valence-electron chi connectivity index (χ0n) is 29.8. The second kappa shape index (κ2) is 12.7. The summed E-state index contributed by atoms with van der Waals surface area (Å²) in [5, 5.41) is 9.86. The molecule has 2 spiro atoms. The van der Waals surface area contributed by atoms with E-state index in [0.29, 0.717) is 33.4 Å². The Morgan fingerprint density at radius 1 is 0.744 bits per heavy atom. The molecule has 248 valence electrons. The molecule has 1 N–H and O–H groups in total. The highest BCUT2D eigenvalue weighted by Crippen LogP contribution is 2.65. The van der Waals surface area contributed by atoms with Crippen molar-refractivity contribution in [2.45, 2.75) is 164 Å². The normalized spacial score (nSPS) is 40.9. The topological polar surface area (TPSA) is 63.6 Å². The number of aliphatic hydroxyl groups is 1. The van der Waals surface area contributed by atoms with Gasteiger partial charge in [0.05, 0.1) is 18.6 Å². The summed E-state index contributed by atoms with van der Waals surface area (Å²) in [5.41, 5.74) is 1.84. The van der Waals surface area contributed by atoms with E-state index in [0.717, 1.165) is 48.9 Å². The molecule has 7 aliphatic carbocycles. The van der Waals surface area contributed by atoms with Gasteiger partial charge in [-0.15, -0.1) is 0 Å². The lowest BCUT2D eigenvalue weighted by Gasteiger charge is -2.61. The quantitative estimate of drug-likeness (QED) is 0.295. The van der Waals surface area contributed by atoms with Gasteiger partial charge in [0.1, 0.15) is 5.78 Å². The van der Waals surface area contributed by atoms with Crippen molar-refractivity contribution in [3.05, 3.63) is 0 Å². The minimum atomic E-state index is -0.436. The molecule has 7 rings (SSSR count). The molecule has 7 saturated carbocycles. The standard InChI is InChI=1S/C14H24O.C13H24O.C12H20O2/c1-11(2)14-7-4-13(5-8-14,6-9-14)10-12(3)15;1-9(2)10-5-13(6-10)7-11(8-13)12(3,4)14;1-8(2)9-4-12(5-9)6-10(7-12)11(13)14-3/h11H,4-10H2,1-3H3;9-11,14H,5-8H2,1-4H3;8-10H,4-7H2,1-3H3. The molecule has 0 saturated heterocycles. The highest BCUT2D eigenvalue weighted by molar-refractivity contribution is 5.76. The van der Waals surface area contributed by atoms with Crippen molar-refractivity contribution >= 4 is 11.8 Å². The molecule has 4 nitrogen and oxygen atoms in total. The fourth-order valence-corrected chi connectivity index (χ4v) is 10.5. The number of methoxy groups -OCH3 is 1. The molecule has 0 unspecified atom stereocenters. The van der Waals surface area contributed by atoms with E-state index in [1.165, 1.54) is 84.2 Å². The van der Waals surface area contributed by atoms with E-state index in [-0.39, 0.29) is 11.9 Å². The Morgan fingerprint density at radius 2 is 1.16 bits per heavy atom. The fourth-order valence-electron chi connectivity index (χ4n) is 10.5. The van der Waals surface area contributed by atoms with Crippen LogP contribution in [0.1, 0.15) is 159 Å². The van der Waals surface area contributed by atoms with E-state index in [2.05, 4.69) is 41.5 Å². The summed E-state index contributed by atoms with van der Waals surface area (Å²) in [4.78, 5) is 22.5. The highest BCUT2D eigenvalue weighted by atomic mass is 16.5. The average molecular weight is 601 g/mol. The third-order valence-corrected chi connectivity index (χ3v) is 14.2. The van der Waals surface area contributed by atoms with Crippen molar-refractivity contribution in [1.29, 1.82) is 0 Å². The molecule has 0 amide bonds. The zero-order valence-corrected chi connectivity index (χ0v) is 29.8. The van der Waals surface area contributed by atoms with E-state index in [4.69, 9.17) is 4.74 Å². The maximum atomic E-state index is 11.3. The van der Waals surface area contributed by atoms with Crippen LogP contribution in [-0.2, 0) is 14.3 Å². The van der Waals surface area contributed by atoms with Crippen LogP contribution < -0.4 is 0 Å². The third kappa shape index (κ3) is 7.57. The van der Waals surface area contributed by atoms with E-state index >= 15 is 0 Å². The SMILES string of the molecule is CC(=O)CC12CCC(C(C)C)(CC1)CC2.CC(C)C1CC2(C1)CC(C(C)(C)O)C2.COC(=O)C1CC2(C1)CC(C(C)C)C2. The first-order valence-electron chi connectivity index (χ1n) is 18.2. The molecular formula is C39H68O4. The second-order valence-electron chi connectivity index (χ2n) is 18.6. The van der Waals surface area contributed by atoms with Gasteiger partial charge in [-0.1, -0.05) is 41.5 Å². The number of carbonyl (C=O) groups is 2. The Kier molecular flexibility index (Phi) is 10.3. The van der Waals surface area contributed by atoms with Gasteiger partial charge in [-0.3, -0.25) is 4.79 Å². The zero-order chi connectivity index (χ0) is 32.0. The predicted octanol–water partition coefficient (Wildman–Crippen LogP) is 9.80. The maximum Gasteiger partial charge on any atom is 0.308 e. The summed E-state index contributed by atoms with van der Waals surface area (Å²) in [5.74, 6) is 5.57. The van der Waals surface area contributed by atoms with Crippen LogP contribution in [0.3, 0.4) is 0 Å². The average Bonchev–Trinajstić information content (AvgIpc) is 2.80. The van der Waals surface area contributed by atoms with Gasteiger partial charge in [0.15, 0.2) is 0 Å². The number of ketones is 1. The first-order chi connectivity index (χ1) is 19.9. The molecule has 0 aromatic rings. The van der Waals surface area contributed by atoms with Gasteiger partial charge < -0.3 is 14.6 Å². The number of Topliss-reactive ketones (excluding diaryl/α,β-unsaturated/α-hetero) is 1. The Bertz CT molecular complexity index is 931. The molecule has 0 radical (unpaired) electrons. The Balaban J connectivity index is 0.000000148. The van der Waals surface area contributed by atoms with Gasteiger partial charge in [-0.25, -0.2) is 0 Å². The smallest absolute Gasteiger partial charge is 0.308 e. The first kappa shape index (κ1) is 35.0. The fraction of sp³-hybridized carbons (Fsp3) is 0.949. The van der Waals surface area contributed by atoms with Gasteiger partial charge in [0.2, 0.25) is 0 Å². The predicted molar refractivity (Wildman–Crippen MR) is 176 cm³/mol. The van der Waals surface area contributed by atoms with Crippen molar-refractivity contribution in [1.82, 2.24) is 0 Å². The molecule has 0 aliphatic heterocycles. The van der Waals surface area contributed by atoms with Crippen LogP contribution in [0, 0.1) is 63.1 Å². The number of ether oxygens (including phenoxy) is 1. The molecule has 0 aromatic heterocycles. The number of carbonyl (C=O) groups excluding carboxylic acids is 2. The van der Waals surface area contributed by atoms with E-state index < -0.39 is 5.60 Å². The van der Waals surface area contributed by atoms with Crippen LogP contribution in [-0.4, -0.2) is 29.6 Å². The van der Waals surface area contributed by atoms with Crippen molar-refractivity contribution in [3.8, 4) is 0 Å². The Hall–Kier alpha value is -0.900. The summed E-state index contributed by atoms with van der Waals surface area (Å²) in [6, 6.07) is 0. The molecule has 2 bridgehead atoms. The van der Waals surface area contributed by atoms with Crippen LogP contribution in [0.4, 0.5) is 0 Å². The number of hydrogen-bond donors (Lipinski definition) is 1. The van der Waals surface area contributed by atoms with Gasteiger partial charge in [0, 0.05) is 6.42 Å². The number of rotatable bonds is 7. The summed E-state index contributed by atoms with van der Waals surface area (Å²) >= 11 is 0. The lowest BCUT2D eigenvalue weighted by molar-refractivity contribution is -0.163. The minimum absolute atomic E-state index is 0.00335. The van der Waals surface area contributed by atoms with E-state index in [1.807, 2.05) is 13.8 Å². The van der Waals surface area contributed by atoms with E-state index in [1.54, 1.807) is 6.92 Å². The van der Waals surface area contributed by atoms with Crippen LogP contribution >= 0.6 is 0 Å². The first-order valence-corrected chi connectivity index (χ1v) is 18.2. The molecule has 7 fully saturated rings. The largest absolute Gasteiger partial charge is 0.469 e. The monoisotopic (exact) mass is 601 g/mol. The Morgan fingerprint density at radius 3 is 1.49 bits per heavy atom. The lowest BCUT2D eigenvalue weighted by Crippen LogP contribution is -2.54. The summed E-state index contributed by atoms with van der Waals surface area (Å²) in [6.45, 7) is 19.7. The number of fused-ring (bicyclic) bond motifs is 3. The van der Waals surface area contributed by atoms with Gasteiger partial charge in [-0.05, 0) is 168 Å². The molecule has 0 aromatic carbocycles. The van der Waals surface area contributed by atoms with Gasteiger partial charge in [-0.2, -0.15) is 0 Å². The highest BCUT2D eigenvalue weighted by Gasteiger charge is 2.57. The lowest BCUT2D eigenvalue weighted by atomic mass is 9.45. The molecule has 4 heteroatoms. The van der Waals surface area contributed by atoms with Crippen LogP contribution in [0.15, 0.2) is 0 Å². The molecule has 7 aliphatic rings. The minimum Gasteiger partial charge on any atom is -0.469 e. The molecular weight excluding hydrogens is 532 g/mol. The maximum absolute atomic E-state index is 11.3.